The summed E-state index contributed by atoms with van der Waals surface area (Å²) in [5.41, 5.74) is 0.785. The van der Waals surface area contributed by atoms with Crippen LogP contribution in [0.15, 0.2) is 42.5 Å². The zero-order valence-electron chi connectivity index (χ0n) is 9.56. The molecular weight excluding hydrogens is 235 g/mol. The maximum Gasteiger partial charge on any atom is 0.231 e. The first-order valence-corrected chi connectivity index (χ1v) is 5.58. The van der Waals surface area contributed by atoms with Gasteiger partial charge in [-0.3, -0.25) is 0 Å². The van der Waals surface area contributed by atoms with Crippen molar-refractivity contribution in [2.45, 2.75) is 6.61 Å². The Morgan fingerprint density at radius 1 is 1.06 bits per heavy atom. The Labute approximate surface area is 104 Å². The highest BCUT2D eigenvalue weighted by Crippen LogP contribution is 2.35. The molecule has 0 amide bonds. The van der Waals surface area contributed by atoms with Gasteiger partial charge in [0, 0.05) is 6.07 Å². The van der Waals surface area contributed by atoms with Crippen LogP contribution in [0.25, 0.3) is 0 Å². The second-order valence-electron chi connectivity index (χ2n) is 3.93. The number of hydrogen-bond donors (Lipinski definition) is 0. The number of ether oxygens (including phenoxy) is 3. The van der Waals surface area contributed by atoms with Crippen molar-refractivity contribution in [1.29, 1.82) is 0 Å². The van der Waals surface area contributed by atoms with E-state index in [-0.39, 0.29) is 12.6 Å². The Kier molecular flexibility index (Phi) is 2.76. The van der Waals surface area contributed by atoms with Gasteiger partial charge in [0.25, 0.3) is 0 Å². The third kappa shape index (κ3) is 2.22. The summed E-state index contributed by atoms with van der Waals surface area (Å²) in [6.45, 7) is 0.556. The zero-order valence-corrected chi connectivity index (χ0v) is 9.56. The van der Waals surface area contributed by atoms with E-state index in [9.17, 15) is 4.39 Å². The highest BCUT2D eigenvalue weighted by Gasteiger charge is 2.13. The van der Waals surface area contributed by atoms with Crippen LogP contribution in [0.1, 0.15) is 5.56 Å². The molecule has 1 heterocycles. The van der Waals surface area contributed by atoms with Crippen LogP contribution in [-0.2, 0) is 6.61 Å². The van der Waals surface area contributed by atoms with Crippen LogP contribution in [0.2, 0.25) is 0 Å². The minimum absolute atomic E-state index is 0.239. The second-order valence-corrected chi connectivity index (χ2v) is 3.93. The summed E-state index contributed by atoms with van der Waals surface area (Å²) in [5.74, 6) is 1.80. The van der Waals surface area contributed by atoms with Crippen molar-refractivity contribution in [1.82, 2.24) is 0 Å². The van der Waals surface area contributed by atoms with Gasteiger partial charge in [-0.2, -0.15) is 0 Å². The lowest BCUT2D eigenvalue weighted by Gasteiger charge is -2.07. The summed E-state index contributed by atoms with van der Waals surface area (Å²) in [4.78, 5) is 0. The molecule has 1 aliphatic rings. The van der Waals surface area contributed by atoms with Crippen LogP contribution in [0.4, 0.5) is 4.39 Å². The van der Waals surface area contributed by atoms with Crippen molar-refractivity contribution >= 4 is 0 Å². The first kappa shape index (κ1) is 10.9. The maximum atomic E-state index is 13.0. The standard InChI is InChI=1S/C14H11FO3/c15-11-3-1-2-10(6-11)8-16-12-4-5-13-14(7-12)18-9-17-13/h1-7H,8-9H2. The van der Waals surface area contributed by atoms with Crippen molar-refractivity contribution in [3.8, 4) is 17.2 Å². The van der Waals surface area contributed by atoms with Crippen molar-refractivity contribution in [2.24, 2.45) is 0 Å². The number of fused-ring (bicyclic) bond motifs is 1. The normalized spacial score (nSPS) is 12.5. The van der Waals surface area contributed by atoms with E-state index in [0.29, 0.717) is 23.9 Å². The molecule has 0 bridgehead atoms. The SMILES string of the molecule is Fc1cccc(COc2ccc3c(c2)OCO3)c1. The smallest absolute Gasteiger partial charge is 0.231 e. The van der Waals surface area contributed by atoms with Gasteiger partial charge in [-0.15, -0.1) is 0 Å². The summed E-state index contributed by atoms with van der Waals surface area (Å²) < 4.78 is 29.0. The molecule has 3 rings (SSSR count). The maximum absolute atomic E-state index is 13.0. The minimum atomic E-state index is -0.262. The quantitative estimate of drug-likeness (QED) is 0.832. The Morgan fingerprint density at radius 3 is 2.83 bits per heavy atom. The molecule has 0 atom stereocenters. The van der Waals surface area contributed by atoms with Gasteiger partial charge in [-0.25, -0.2) is 4.39 Å². The molecule has 0 unspecified atom stereocenters. The molecule has 18 heavy (non-hydrogen) atoms. The van der Waals surface area contributed by atoms with E-state index in [0.717, 1.165) is 5.56 Å². The van der Waals surface area contributed by atoms with Gasteiger partial charge in [0.1, 0.15) is 18.2 Å². The average molecular weight is 246 g/mol. The third-order valence-corrected chi connectivity index (χ3v) is 2.64. The lowest BCUT2D eigenvalue weighted by molar-refractivity contribution is 0.173. The molecule has 4 heteroatoms. The van der Waals surface area contributed by atoms with Gasteiger partial charge in [0.2, 0.25) is 6.79 Å². The Balaban J connectivity index is 1.70. The highest BCUT2D eigenvalue weighted by atomic mass is 19.1. The molecule has 92 valence electrons. The van der Waals surface area contributed by atoms with Gasteiger partial charge in [0.15, 0.2) is 11.5 Å². The molecule has 1 aliphatic heterocycles. The fourth-order valence-electron chi connectivity index (χ4n) is 1.76. The summed E-state index contributed by atoms with van der Waals surface area (Å²) >= 11 is 0. The number of rotatable bonds is 3. The summed E-state index contributed by atoms with van der Waals surface area (Å²) in [6.07, 6.45) is 0. The highest BCUT2D eigenvalue weighted by molar-refractivity contribution is 5.46. The lowest BCUT2D eigenvalue weighted by atomic mass is 10.2. The van der Waals surface area contributed by atoms with Crippen molar-refractivity contribution in [3.05, 3.63) is 53.8 Å². The monoisotopic (exact) mass is 246 g/mol. The van der Waals surface area contributed by atoms with Crippen LogP contribution in [0.3, 0.4) is 0 Å². The van der Waals surface area contributed by atoms with Gasteiger partial charge in [0.05, 0.1) is 0 Å². The Hall–Kier alpha value is -2.23. The van der Waals surface area contributed by atoms with Gasteiger partial charge in [-0.05, 0) is 29.8 Å². The third-order valence-electron chi connectivity index (χ3n) is 2.64. The lowest BCUT2D eigenvalue weighted by Crippen LogP contribution is -1.95. The van der Waals surface area contributed by atoms with Gasteiger partial charge >= 0.3 is 0 Å². The van der Waals surface area contributed by atoms with Gasteiger partial charge in [-0.1, -0.05) is 12.1 Å². The van der Waals surface area contributed by atoms with E-state index in [1.807, 2.05) is 6.07 Å². The first-order valence-electron chi connectivity index (χ1n) is 5.58. The summed E-state index contributed by atoms with van der Waals surface area (Å²) in [6, 6.07) is 11.7. The summed E-state index contributed by atoms with van der Waals surface area (Å²) in [5, 5.41) is 0. The van der Waals surface area contributed by atoms with E-state index < -0.39 is 0 Å². The topological polar surface area (TPSA) is 27.7 Å². The van der Waals surface area contributed by atoms with Crippen LogP contribution in [0, 0.1) is 5.82 Å². The van der Waals surface area contributed by atoms with Crippen molar-refractivity contribution < 1.29 is 18.6 Å². The second kappa shape index (κ2) is 4.56. The largest absolute Gasteiger partial charge is 0.489 e. The number of benzene rings is 2. The molecule has 0 radical (unpaired) electrons. The van der Waals surface area contributed by atoms with Crippen molar-refractivity contribution in [3.63, 3.8) is 0 Å². The Bertz CT molecular complexity index is 569. The fourth-order valence-corrected chi connectivity index (χ4v) is 1.76. The fraction of sp³-hybridized carbons (Fsp3) is 0.143. The number of halogens is 1. The minimum Gasteiger partial charge on any atom is -0.489 e. The summed E-state index contributed by atoms with van der Waals surface area (Å²) in [7, 11) is 0. The molecule has 2 aromatic rings. The van der Waals surface area contributed by atoms with Crippen LogP contribution >= 0.6 is 0 Å². The van der Waals surface area contributed by atoms with Crippen LogP contribution in [-0.4, -0.2) is 6.79 Å². The molecule has 0 fully saturated rings. The zero-order chi connectivity index (χ0) is 12.4. The van der Waals surface area contributed by atoms with Crippen molar-refractivity contribution in [2.75, 3.05) is 6.79 Å². The molecule has 0 saturated carbocycles. The molecular formula is C14H11FO3. The molecule has 0 spiro atoms. The molecule has 0 N–H and O–H groups in total. The molecule has 3 nitrogen and oxygen atoms in total. The van der Waals surface area contributed by atoms with E-state index in [4.69, 9.17) is 14.2 Å². The van der Waals surface area contributed by atoms with Crippen LogP contribution in [0.5, 0.6) is 17.2 Å². The molecule has 2 aromatic carbocycles. The number of hydrogen-bond acceptors (Lipinski definition) is 3. The van der Waals surface area contributed by atoms with Crippen LogP contribution < -0.4 is 14.2 Å². The van der Waals surface area contributed by atoms with E-state index in [2.05, 4.69) is 0 Å². The van der Waals surface area contributed by atoms with E-state index >= 15 is 0 Å². The Morgan fingerprint density at radius 2 is 1.94 bits per heavy atom. The van der Waals surface area contributed by atoms with E-state index in [1.54, 1.807) is 24.3 Å². The molecule has 0 aromatic heterocycles. The average Bonchev–Trinajstić information content (AvgIpc) is 2.84. The first-order chi connectivity index (χ1) is 8.81. The van der Waals surface area contributed by atoms with E-state index in [1.165, 1.54) is 12.1 Å². The van der Waals surface area contributed by atoms with Gasteiger partial charge < -0.3 is 14.2 Å². The molecule has 0 saturated heterocycles. The predicted molar refractivity (Wildman–Crippen MR) is 63.3 cm³/mol. The predicted octanol–water partition coefficient (Wildman–Crippen LogP) is 3.13. The molecule has 0 aliphatic carbocycles.